The highest BCUT2D eigenvalue weighted by Crippen LogP contribution is 2.20. The van der Waals surface area contributed by atoms with E-state index in [0.717, 1.165) is 5.56 Å². The number of para-hydroxylation sites is 1. The number of hydrogen-bond acceptors (Lipinski definition) is 3. The quantitative estimate of drug-likeness (QED) is 0.394. The van der Waals surface area contributed by atoms with Crippen LogP contribution in [-0.4, -0.2) is 5.97 Å². The van der Waals surface area contributed by atoms with E-state index < -0.39 is 5.97 Å². The van der Waals surface area contributed by atoms with Gasteiger partial charge in [0, 0.05) is 5.69 Å². The summed E-state index contributed by atoms with van der Waals surface area (Å²) in [7, 11) is 0. The molecule has 2 aromatic rings. The maximum Gasteiger partial charge on any atom is 0.343 e. The largest absolute Gasteiger partial charge is 0.423 e. The molecule has 96 valence electrons. The maximum atomic E-state index is 12.0. The summed E-state index contributed by atoms with van der Waals surface area (Å²) in [5.41, 5.74) is 7.60. The van der Waals surface area contributed by atoms with E-state index in [4.69, 9.17) is 10.5 Å². The molecule has 0 fully saturated rings. The average Bonchev–Trinajstić information content (AvgIpc) is 2.42. The summed E-state index contributed by atoms with van der Waals surface area (Å²) in [5, 5.41) is 0. The zero-order chi connectivity index (χ0) is 13.7. The molecule has 0 heterocycles. The Bertz CT molecular complexity index is 588. The van der Waals surface area contributed by atoms with Crippen molar-refractivity contribution < 1.29 is 9.53 Å². The molecule has 0 bridgehead atoms. The van der Waals surface area contributed by atoms with Gasteiger partial charge in [-0.2, -0.15) is 0 Å². The van der Waals surface area contributed by atoms with Gasteiger partial charge in [0.05, 0.1) is 5.56 Å². The summed E-state index contributed by atoms with van der Waals surface area (Å²) in [6.07, 6.45) is 2.43. The number of esters is 1. The van der Waals surface area contributed by atoms with E-state index in [1.54, 1.807) is 36.4 Å². The minimum absolute atomic E-state index is 0.392. The summed E-state index contributed by atoms with van der Waals surface area (Å²) in [6, 6.07) is 14.1. The molecule has 0 radical (unpaired) electrons. The standard InChI is InChI=1S/C16H15NO2/c1-2-5-12-6-3-4-7-15(12)19-16(18)13-8-10-14(17)11-9-13/h2-4,6-11H,1,5,17H2. The van der Waals surface area contributed by atoms with E-state index >= 15 is 0 Å². The number of hydrogen-bond donors (Lipinski definition) is 1. The lowest BCUT2D eigenvalue weighted by Gasteiger charge is -2.08. The predicted molar refractivity (Wildman–Crippen MR) is 76.2 cm³/mol. The van der Waals surface area contributed by atoms with Crippen LogP contribution in [-0.2, 0) is 6.42 Å². The predicted octanol–water partition coefficient (Wildman–Crippen LogP) is 3.22. The van der Waals surface area contributed by atoms with Crippen LogP contribution < -0.4 is 10.5 Å². The van der Waals surface area contributed by atoms with Gasteiger partial charge in [0.1, 0.15) is 5.75 Å². The lowest BCUT2D eigenvalue weighted by molar-refractivity contribution is 0.0733. The molecule has 0 amide bonds. The first-order valence-corrected chi connectivity index (χ1v) is 5.97. The molecule has 0 spiro atoms. The molecular weight excluding hydrogens is 238 g/mol. The summed E-state index contributed by atoms with van der Waals surface area (Å²) in [4.78, 5) is 12.0. The zero-order valence-corrected chi connectivity index (χ0v) is 10.5. The lowest BCUT2D eigenvalue weighted by atomic mass is 10.1. The molecule has 0 aliphatic rings. The first kappa shape index (κ1) is 12.9. The average molecular weight is 253 g/mol. The SMILES string of the molecule is C=CCc1ccccc1OC(=O)c1ccc(N)cc1. The van der Waals surface area contributed by atoms with Crippen LogP contribution in [0.5, 0.6) is 5.75 Å². The number of nitrogen functional groups attached to an aromatic ring is 1. The van der Waals surface area contributed by atoms with Crippen molar-refractivity contribution in [3.05, 3.63) is 72.3 Å². The smallest absolute Gasteiger partial charge is 0.343 e. The topological polar surface area (TPSA) is 52.3 Å². The summed E-state index contributed by atoms with van der Waals surface area (Å²) in [5.74, 6) is 0.167. The number of ether oxygens (including phenoxy) is 1. The second-order valence-corrected chi connectivity index (χ2v) is 4.11. The van der Waals surface area contributed by atoms with Crippen LogP contribution >= 0.6 is 0 Å². The molecule has 0 unspecified atom stereocenters. The van der Waals surface area contributed by atoms with E-state index in [1.165, 1.54) is 0 Å². The zero-order valence-electron chi connectivity index (χ0n) is 10.5. The molecular formula is C16H15NO2. The third kappa shape index (κ3) is 3.22. The van der Waals surface area contributed by atoms with Crippen LogP contribution in [0.2, 0.25) is 0 Å². The number of anilines is 1. The molecule has 0 aliphatic heterocycles. The Kier molecular flexibility index (Phi) is 3.98. The van der Waals surface area contributed by atoms with Crippen molar-refractivity contribution in [3.63, 3.8) is 0 Å². The molecule has 2 rings (SSSR count). The molecule has 2 aromatic carbocycles. The van der Waals surface area contributed by atoms with Crippen LogP contribution in [0, 0.1) is 0 Å². The molecule has 19 heavy (non-hydrogen) atoms. The molecule has 3 heteroatoms. The third-order valence-electron chi connectivity index (χ3n) is 2.69. The fraction of sp³-hybridized carbons (Fsp3) is 0.0625. The second kappa shape index (κ2) is 5.87. The summed E-state index contributed by atoms with van der Waals surface area (Å²) >= 11 is 0. The van der Waals surface area contributed by atoms with Gasteiger partial charge in [-0.3, -0.25) is 0 Å². The van der Waals surface area contributed by atoms with E-state index in [9.17, 15) is 4.79 Å². The number of allylic oxidation sites excluding steroid dienone is 1. The molecule has 0 aromatic heterocycles. The van der Waals surface area contributed by atoms with E-state index in [0.29, 0.717) is 23.4 Å². The first-order valence-electron chi connectivity index (χ1n) is 5.97. The van der Waals surface area contributed by atoms with Gasteiger partial charge in [-0.25, -0.2) is 4.79 Å². The molecule has 0 atom stereocenters. The van der Waals surface area contributed by atoms with E-state index in [2.05, 4.69) is 6.58 Å². The molecule has 0 aliphatic carbocycles. The molecule has 3 nitrogen and oxygen atoms in total. The highest BCUT2D eigenvalue weighted by molar-refractivity contribution is 5.91. The lowest BCUT2D eigenvalue weighted by Crippen LogP contribution is -2.09. The highest BCUT2D eigenvalue weighted by Gasteiger charge is 2.10. The number of rotatable bonds is 4. The van der Waals surface area contributed by atoms with Crippen molar-refractivity contribution in [2.75, 3.05) is 5.73 Å². The fourth-order valence-electron chi connectivity index (χ4n) is 1.71. The monoisotopic (exact) mass is 253 g/mol. The van der Waals surface area contributed by atoms with Gasteiger partial charge < -0.3 is 10.5 Å². The molecule has 2 N–H and O–H groups in total. The van der Waals surface area contributed by atoms with Crippen molar-refractivity contribution in [2.24, 2.45) is 0 Å². The van der Waals surface area contributed by atoms with Crippen LogP contribution in [0.4, 0.5) is 5.69 Å². The summed E-state index contributed by atoms with van der Waals surface area (Å²) in [6.45, 7) is 3.69. The summed E-state index contributed by atoms with van der Waals surface area (Å²) < 4.78 is 5.40. The van der Waals surface area contributed by atoms with Crippen molar-refractivity contribution in [1.82, 2.24) is 0 Å². The van der Waals surface area contributed by atoms with Gasteiger partial charge in [0.2, 0.25) is 0 Å². The van der Waals surface area contributed by atoms with Crippen LogP contribution in [0.15, 0.2) is 61.2 Å². The van der Waals surface area contributed by atoms with Gasteiger partial charge >= 0.3 is 5.97 Å². The third-order valence-corrected chi connectivity index (χ3v) is 2.69. The Morgan fingerprint density at radius 2 is 1.84 bits per heavy atom. The number of carbonyl (C=O) groups is 1. The Morgan fingerprint density at radius 3 is 2.53 bits per heavy atom. The number of nitrogens with two attached hydrogens (primary N) is 1. The van der Waals surface area contributed by atoms with Gasteiger partial charge in [-0.1, -0.05) is 24.3 Å². The van der Waals surface area contributed by atoms with Crippen LogP contribution in [0.1, 0.15) is 15.9 Å². The normalized spacial score (nSPS) is 9.89. The Balaban J connectivity index is 2.19. The minimum Gasteiger partial charge on any atom is -0.423 e. The van der Waals surface area contributed by atoms with Gasteiger partial charge in [-0.15, -0.1) is 6.58 Å². The van der Waals surface area contributed by atoms with Crippen molar-refractivity contribution >= 4 is 11.7 Å². The molecule has 0 saturated carbocycles. The highest BCUT2D eigenvalue weighted by atomic mass is 16.5. The molecule has 0 saturated heterocycles. The van der Waals surface area contributed by atoms with Gasteiger partial charge in [-0.05, 0) is 42.3 Å². The first-order chi connectivity index (χ1) is 9.20. The maximum absolute atomic E-state index is 12.0. The number of benzene rings is 2. The number of carbonyl (C=O) groups excluding carboxylic acids is 1. The van der Waals surface area contributed by atoms with Gasteiger partial charge in [0.25, 0.3) is 0 Å². The van der Waals surface area contributed by atoms with Crippen molar-refractivity contribution in [2.45, 2.75) is 6.42 Å². The van der Waals surface area contributed by atoms with E-state index in [1.807, 2.05) is 18.2 Å². The van der Waals surface area contributed by atoms with Crippen molar-refractivity contribution in [1.29, 1.82) is 0 Å². The Morgan fingerprint density at radius 1 is 1.16 bits per heavy atom. The van der Waals surface area contributed by atoms with E-state index in [-0.39, 0.29) is 0 Å². The van der Waals surface area contributed by atoms with Crippen LogP contribution in [0.25, 0.3) is 0 Å². The van der Waals surface area contributed by atoms with Gasteiger partial charge in [0.15, 0.2) is 0 Å². The van der Waals surface area contributed by atoms with Crippen LogP contribution in [0.3, 0.4) is 0 Å². The Hall–Kier alpha value is -2.55. The fourth-order valence-corrected chi connectivity index (χ4v) is 1.71. The minimum atomic E-state index is -0.392. The Labute approximate surface area is 112 Å². The van der Waals surface area contributed by atoms with Crippen molar-refractivity contribution in [3.8, 4) is 5.75 Å². The second-order valence-electron chi connectivity index (χ2n) is 4.11.